The smallest absolute Gasteiger partial charge is 0.257 e. The maximum Gasteiger partial charge on any atom is 0.257 e. The van der Waals surface area contributed by atoms with E-state index in [0.717, 1.165) is 42.6 Å². The van der Waals surface area contributed by atoms with Gasteiger partial charge in [-0.3, -0.25) is 15.0 Å². The Balaban J connectivity index is 0.00000342. The van der Waals surface area contributed by atoms with Crippen LogP contribution in [0.5, 0.6) is 0 Å². The molecule has 1 fully saturated rings. The van der Waals surface area contributed by atoms with E-state index in [1.54, 1.807) is 48.7 Å². The number of amidine groups is 1. The molecular formula is C27H30BrN5O2. The third kappa shape index (κ3) is 6.83. The van der Waals surface area contributed by atoms with Crippen LogP contribution in [0.1, 0.15) is 45.7 Å². The van der Waals surface area contributed by atoms with Gasteiger partial charge in [0.2, 0.25) is 0 Å². The minimum atomic E-state index is -0.311. The molecule has 0 bridgehead atoms. The largest absolute Gasteiger partial charge is 0.355 e. The molecule has 3 aromatic rings. The predicted octanol–water partition coefficient (Wildman–Crippen LogP) is 4.78. The first-order valence-electron chi connectivity index (χ1n) is 11.2. The molecule has 1 aliphatic rings. The van der Waals surface area contributed by atoms with Gasteiger partial charge in [-0.1, -0.05) is 49.9 Å². The van der Waals surface area contributed by atoms with Crippen molar-refractivity contribution in [2.45, 2.75) is 20.3 Å². The Kier molecular flexibility index (Phi) is 9.28. The normalized spacial score (nSPS) is 13.3. The van der Waals surface area contributed by atoms with Gasteiger partial charge < -0.3 is 15.5 Å². The molecule has 7 nitrogen and oxygen atoms in total. The molecule has 1 amide bonds. The molecule has 1 aliphatic heterocycles. The van der Waals surface area contributed by atoms with Crippen LogP contribution in [-0.4, -0.2) is 53.6 Å². The van der Waals surface area contributed by atoms with E-state index in [2.05, 4.69) is 36.4 Å². The number of hydrogen-bond donors (Lipinski definition) is 3. The second-order valence-corrected chi connectivity index (χ2v) is 9.01. The molecule has 2 heterocycles. The molecule has 0 saturated carbocycles. The highest BCUT2D eigenvalue weighted by atomic mass is 79.9. The average Bonchev–Trinajstić information content (AvgIpc) is 3.15. The maximum atomic E-state index is 13.0. The van der Waals surface area contributed by atoms with Crippen molar-refractivity contribution in [1.29, 1.82) is 5.41 Å². The molecule has 0 unspecified atom stereocenters. The number of benzene rings is 2. The van der Waals surface area contributed by atoms with E-state index in [4.69, 9.17) is 5.41 Å². The topological polar surface area (TPSA) is 98.2 Å². The molecule has 2 aromatic carbocycles. The summed E-state index contributed by atoms with van der Waals surface area (Å²) in [7, 11) is 0. The molecule has 3 N–H and O–H groups in total. The number of carbonyl (C=O) groups is 2. The number of ketones is 1. The van der Waals surface area contributed by atoms with E-state index >= 15 is 0 Å². The van der Waals surface area contributed by atoms with E-state index in [9.17, 15) is 9.59 Å². The number of nitrogens with zero attached hydrogens (tertiary/aromatic N) is 2. The van der Waals surface area contributed by atoms with Gasteiger partial charge in [-0.15, -0.1) is 0 Å². The fraction of sp³-hybridized carbons (Fsp3) is 0.259. The highest BCUT2D eigenvalue weighted by Crippen LogP contribution is 2.17. The quantitative estimate of drug-likeness (QED) is 0.239. The SMILES string of the molecule is C.N=C(c1ccc(C(=O)Cc2ccccc2C(=O)Nc2ccc(Br)cn2)cc1)N1CCCNCC1. The van der Waals surface area contributed by atoms with E-state index in [-0.39, 0.29) is 25.5 Å². The summed E-state index contributed by atoms with van der Waals surface area (Å²) in [6.07, 6.45) is 2.72. The first-order valence-corrected chi connectivity index (χ1v) is 12.0. The summed E-state index contributed by atoms with van der Waals surface area (Å²) < 4.78 is 0.820. The van der Waals surface area contributed by atoms with Crippen LogP contribution >= 0.6 is 15.9 Å². The lowest BCUT2D eigenvalue weighted by Crippen LogP contribution is -2.34. The van der Waals surface area contributed by atoms with E-state index in [1.165, 1.54) is 0 Å². The fourth-order valence-electron chi connectivity index (χ4n) is 3.87. The fourth-order valence-corrected chi connectivity index (χ4v) is 4.10. The van der Waals surface area contributed by atoms with Crippen LogP contribution in [0, 0.1) is 5.41 Å². The van der Waals surface area contributed by atoms with Crippen LogP contribution in [-0.2, 0) is 6.42 Å². The van der Waals surface area contributed by atoms with E-state index in [0.29, 0.717) is 28.3 Å². The Bertz CT molecular complexity index is 1170. The Hall–Kier alpha value is -3.36. The number of anilines is 1. The van der Waals surface area contributed by atoms with Crippen molar-refractivity contribution in [1.82, 2.24) is 15.2 Å². The maximum absolute atomic E-state index is 13.0. The monoisotopic (exact) mass is 535 g/mol. The number of aromatic nitrogens is 1. The average molecular weight is 536 g/mol. The minimum absolute atomic E-state index is 0. The van der Waals surface area contributed by atoms with Gasteiger partial charge in [-0.2, -0.15) is 0 Å². The van der Waals surface area contributed by atoms with Crippen molar-refractivity contribution in [3.8, 4) is 0 Å². The van der Waals surface area contributed by atoms with Crippen LogP contribution in [0.4, 0.5) is 5.82 Å². The molecule has 0 spiro atoms. The van der Waals surface area contributed by atoms with Crippen molar-refractivity contribution < 1.29 is 9.59 Å². The number of rotatable bonds is 6. The Morgan fingerprint density at radius 3 is 2.49 bits per heavy atom. The number of nitrogens with one attached hydrogen (secondary N) is 3. The highest BCUT2D eigenvalue weighted by molar-refractivity contribution is 9.10. The molecule has 35 heavy (non-hydrogen) atoms. The van der Waals surface area contributed by atoms with Gasteiger partial charge in [-0.25, -0.2) is 4.98 Å². The molecule has 4 rings (SSSR count). The predicted molar refractivity (Wildman–Crippen MR) is 143 cm³/mol. The van der Waals surface area contributed by atoms with Gasteiger partial charge in [0, 0.05) is 53.4 Å². The molecular weight excluding hydrogens is 506 g/mol. The third-order valence-electron chi connectivity index (χ3n) is 5.72. The molecule has 0 aliphatic carbocycles. The van der Waals surface area contributed by atoms with E-state index in [1.807, 2.05) is 18.2 Å². The lowest BCUT2D eigenvalue weighted by Gasteiger charge is -2.23. The highest BCUT2D eigenvalue weighted by Gasteiger charge is 2.17. The first-order chi connectivity index (χ1) is 16.5. The Morgan fingerprint density at radius 1 is 1.00 bits per heavy atom. The summed E-state index contributed by atoms with van der Waals surface area (Å²) in [6.45, 7) is 3.48. The van der Waals surface area contributed by atoms with Crippen LogP contribution in [0.25, 0.3) is 0 Å². The van der Waals surface area contributed by atoms with E-state index < -0.39 is 0 Å². The summed E-state index contributed by atoms with van der Waals surface area (Å²) in [5, 5.41) is 14.6. The third-order valence-corrected chi connectivity index (χ3v) is 6.19. The summed E-state index contributed by atoms with van der Waals surface area (Å²) >= 11 is 3.32. The van der Waals surface area contributed by atoms with Crippen LogP contribution in [0.3, 0.4) is 0 Å². The number of pyridine rings is 1. The number of halogens is 1. The second-order valence-electron chi connectivity index (χ2n) is 8.09. The minimum Gasteiger partial charge on any atom is -0.355 e. The summed E-state index contributed by atoms with van der Waals surface area (Å²) in [5.74, 6) is 0.520. The van der Waals surface area contributed by atoms with Crippen LogP contribution < -0.4 is 10.6 Å². The summed E-state index contributed by atoms with van der Waals surface area (Å²) in [5.41, 5.74) is 2.43. The lowest BCUT2D eigenvalue weighted by atomic mass is 9.97. The first kappa shape index (κ1) is 26.2. The van der Waals surface area contributed by atoms with Gasteiger partial charge in [-0.05, 0) is 52.7 Å². The molecule has 1 saturated heterocycles. The number of carbonyl (C=O) groups excluding carboxylic acids is 2. The zero-order valence-electron chi connectivity index (χ0n) is 18.7. The zero-order valence-corrected chi connectivity index (χ0v) is 20.3. The molecule has 1 aromatic heterocycles. The molecule has 0 atom stereocenters. The van der Waals surface area contributed by atoms with Crippen molar-refractivity contribution >= 4 is 39.3 Å². The summed E-state index contributed by atoms with van der Waals surface area (Å²) in [6, 6.07) is 17.8. The van der Waals surface area contributed by atoms with Gasteiger partial charge in [0.05, 0.1) is 0 Å². The van der Waals surface area contributed by atoms with Crippen LogP contribution in [0.15, 0.2) is 71.3 Å². The number of amides is 1. The zero-order chi connectivity index (χ0) is 23.9. The van der Waals surface area contributed by atoms with Gasteiger partial charge >= 0.3 is 0 Å². The van der Waals surface area contributed by atoms with Crippen molar-refractivity contribution in [3.05, 3.63) is 93.6 Å². The standard InChI is InChI=1S/C26H26BrN5O2.CH4/c27-21-10-11-24(30-17-21)31-26(34)22-5-2-1-4-20(22)16-23(33)18-6-8-19(9-7-18)25(28)32-14-3-12-29-13-15-32;/h1-2,4-11,17,28-29H,3,12-16H2,(H,30,31,34);1H4. The Labute approximate surface area is 214 Å². The summed E-state index contributed by atoms with van der Waals surface area (Å²) in [4.78, 5) is 32.1. The second kappa shape index (κ2) is 12.4. The van der Waals surface area contributed by atoms with Gasteiger partial charge in [0.1, 0.15) is 11.7 Å². The van der Waals surface area contributed by atoms with Crippen molar-refractivity contribution in [2.24, 2.45) is 0 Å². The lowest BCUT2D eigenvalue weighted by molar-refractivity contribution is 0.0992. The van der Waals surface area contributed by atoms with Crippen molar-refractivity contribution in [3.63, 3.8) is 0 Å². The van der Waals surface area contributed by atoms with Crippen molar-refractivity contribution in [2.75, 3.05) is 31.5 Å². The van der Waals surface area contributed by atoms with Gasteiger partial charge in [0.15, 0.2) is 5.78 Å². The Morgan fingerprint density at radius 2 is 1.74 bits per heavy atom. The molecule has 0 radical (unpaired) electrons. The van der Waals surface area contributed by atoms with Crippen LogP contribution in [0.2, 0.25) is 0 Å². The molecule has 8 heteroatoms. The number of hydrogen-bond acceptors (Lipinski definition) is 5. The number of Topliss-reactive ketones (excluding diaryl/α,β-unsaturated/α-hetero) is 1. The molecule has 182 valence electrons. The van der Waals surface area contributed by atoms with Gasteiger partial charge in [0.25, 0.3) is 5.91 Å².